The van der Waals surface area contributed by atoms with Crippen LogP contribution < -0.4 is 0 Å². The Morgan fingerprint density at radius 2 is 1.27 bits per heavy atom. The van der Waals surface area contributed by atoms with Crippen LogP contribution in [0.4, 0.5) is 0 Å². The average Bonchev–Trinajstić information content (AvgIpc) is 3.15. The predicted octanol–water partition coefficient (Wildman–Crippen LogP) is 4.23. The molecule has 15 heavy (non-hydrogen) atoms. The van der Waals surface area contributed by atoms with Crippen LogP contribution in [-0.2, 0) is 0 Å². The third kappa shape index (κ3) is 1.80. The fraction of sp³-hybridized carbons (Fsp3) is 0.200. The molecule has 1 aliphatic carbocycles. The van der Waals surface area contributed by atoms with Gasteiger partial charge in [-0.3, -0.25) is 0 Å². The highest BCUT2D eigenvalue weighted by Crippen LogP contribution is 2.40. The van der Waals surface area contributed by atoms with Crippen LogP contribution >= 0.6 is 0 Å². The third-order valence-corrected chi connectivity index (χ3v) is 3.07. The van der Waals surface area contributed by atoms with E-state index in [-0.39, 0.29) is 0 Å². The first kappa shape index (κ1) is 8.72. The van der Waals surface area contributed by atoms with Gasteiger partial charge in [-0.1, -0.05) is 54.6 Å². The SMILES string of the molecule is c1ccc(-c2ccc(C3CC3)cc2)cc1. The van der Waals surface area contributed by atoms with Crippen molar-refractivity contribution >= 4 is 0 Å². The van der Waals surface area contributed by atoms with Crippen molar-refractivity contribution in [2.24, 2.45) is 0 Å². The van der Waals surface area contributed by atoms with Gasteiger partial charge in [-0.15, -0.1) is 0 Å². The molecule has 0 aliphatic heterocycles. The van der Waals surface area contributed by atoms with Crippen molar-refractivity contribution in [2.45, 2.75) is 18.8 Å². The van der Waals surface area contributed by atoms with Crippen LogP contribution in [0.1, 0.15) is 24.3 Å². The predicted molar refractivity (Wildman–Crippen MR) is 63.9 cm³/mol. The van der Waals surface area contributed by atoms with Crippen LogP contribution in [0.5, 0.6) is 0 Å². The Bertz CT molecular complexity index is 435. The van der Waals surface area contributed by atoms with Gasteiger partial charge in [-0.05, 0) is 35.4 Å². The van der Waals surface area contributed by atoms with Gasteiger partial charge >= 0.3 is 0 Å². The van der Waals surface area contributed by atoms with Crippen molar-refractivity contribution in [1.82, 2.24) is 0 Å². The fourth-order valence-corrected chi connectivity index (χ4v) is 2.00. The first-order chi connectivity index (χ1) is 7.43. The van der Waals surface area contributed by atoms with Crippen LogP contribution in [0.15, 0.2) is 54.6 Å². The normalized spacial score (nSPS) is 15.2. The Morgan fingerprint density at radius 3 is 1.87 bits per heavy atom. The summed E-state index contributed by atoms with van der Waals surface area (Å²) in [7, 11) is 0. The minimum Gasteiger partial charge on any atom is -0.0622 e. The van der Waals surface area contributed by atoms with Gasteiger partial charge in [0.05, 0.1) is 0 Å². The number of hydrogen-bond donors (Lipinski definition) is 0. The van der Waals surface area contributed by atoms with Gasteiger partial charge in [0, 0.05) is 0 Å². The van der Waals surface area contributed by atoms with Gasteiger partial charge in [0.2, 0.25) is 0 Å². The Balaban J connectivity index is 1.93. The summed E-state index contributed by atoms with van der Waals surface area (Å²) in [6, 6.07) is 19.6. The van der Waals surface area contributed by atoms with Crippen LogP contribution in [0.3, 0.4) is 0 Å². The van der Waals surface area contributed by atoms with Crippen molar-refractivity contribution in [3.8, 4) is 11.1 Å². The van der Waals surface area contributed by atoms with Crippen molar-refractivity contribution in [3.05, 3.63) is 60.2 Å². The van der Waals surface area contributed by atoms with Crippen molar-refractivity contribution < 1.29 is 0 Å². The molecule has 0 heterocycles. The monoisotopic (exact) mass is 194 g/mol. The standard InChI is InChI=1S/C15H14/c1-2-4-12(5-3-1)13-6-8-14(9-7-13)15-10-11-15/h1-9,15H,10-11H2. The summed E-state index contributed by atoms with van der Waals surface area (Å²) < 4.78 is 0. The molecule has 1 fully saturated rings. The molecule has 1 aliphatic rings. The maximum absolute atomic E-state index is 2.28. The summed E-state index contributed by atoms with van der Waals surface area (Å²) in [5.74, 6) is 0.856. The van der Waals surface area contributed by atoms with Crippen molar-refractivity contribution in [3.63, 3.8) is 0 Å². The Hall–Kier alpha value is -1.56. The fourth-order valence-electron chi connectivity index (χ4n) is 2.00. The van der Waals surface area contributed by atoms with E-state index in [4.69, 9.17) is 0 Å². The molecule has 0 bridgehead atoms. The minimum absolute atomic E-state index is 0.856. The lowest BCUT2D eigenvalue weighted by Gasteiger charge is -2.03. The minimum atomic E-state index is 0.856. The third-order valence-electron chi connectivity index (χ3n) is 3.07. The molecule has 0 nitrogen and oxygen atoms in total. The van der Waals surface area contributed by atoms with Gasteiger partial charge in [-0.25, -0.2) is 0 Å². The van der Waals surface area contributed by atoms with E-state index in [9.17, 15) is 0 Å². The summed E-state index contributed by atoms with van der Waals surface area (Å²) in [5.41, 5.74) is 4.13. The van der Waals surface area contributed by atoms with E-state index < -0.39 is 0 Å². The average molecular weight is 194 g/mol. The summed E-state index contributed by atoms with van der Waals surface area (Å²) in [5, 5.41) is 0. The largest absolute Gasteiger partial charge is 0.0622 e. The van der Waals surface area contributed by atoms with E-state index in [0.29, 0.717) is 0 Å². The van der Waals surface area contributed by atoms with Crippen LogP contribution in [0.2, 0.25) is 0 Å². The number of benzene rings is 2. The molecule has 0 unspecified atom stereocenters. The Labute approximate surface area is 90.6 Å². The van der Waals surface area contributed by atoms with Crippen molar-refractivity contribution in [1.29, 1.82) is 0 Å². The Morgan fingerprint density at radius 1 is 0.667 bits per heavy atom. The van der Waals surface area contributed by atoms with E-state index >= 15 is 0 Å². The molecule has 3 rings (SSSR count). The first-order valence-electron chi connectivity index (χ1n) is 5.59. The maximum Gasteiger partial charge on any atom is -0.0162 e. The van der Waals surface area contributed by atoms with Crippen molar-refractivity contribution in [2.75, 3.05) is 0 Å². The second kappa shape index (κ2) is 3.54. The van der Waals surface area contributed by atoms with E-state index in [1.54, 1.807) is 0 Å². The zero-order chi connectivity index (χ0) is 10.1. The highest BCUT2D eigenvalue weighted by atomic mass is 14.3. The molecule has 2 aromatic rings. The van der Waals surface area contributed by atoms with Gasteiger partial charge in [-0.2, -0.15) is 0 Å². The highest BCUT2D eigenvalue weighted by Gasteiger charge is 2.22. The van der Waals surface area contributed by atoms with E-state index in [1.807, 2.05) is 0 Å². The van der Waals surface area contributed by atoms with Gasteiger partial charge < -0.3 is 0 Å². The summed E-state index contributed by atoms with van der Waals surface area (Å²) in [6.45, 7) is 0. The molecule has 0 atom stereocenters. The van der Waals surface area contributed by atoms with Gasteiger partial charge in [0.1, 0.15) is 0 Å². The topological polar surface area (TPSA) is 0 Å². The van der Waals surface area contributed by atoms with E-state index in [0.717, 1.165) is 5.92 Å². The van der Waals surface area contributed by atoms with E-state index in [2.05, 4.69) is 54.6 Å². The van der Waals surface area contributed by atoms with Crippen LogP contribution in [0, 0.1) is 0 Å². The molecule has 2 aromatic carbocycles. The number of rotatable bonds is 2. The summed E-state index contributed by atoms with van der Waals surface area (Å²) in [6.07, 6.45) is 2.76. The smallest absolute Gasteiger partial charge is 0.0162 e. The quantitative estimate of drug-likeness (QED) is 0.671. The maximum atomic E-state index is 2.28. The lowest BCUT2D eigenvalue weighted by Crippen LogP contribution is -1.80. The molecule has 1 saturated carbocycles. The molecule has 0 amide bonds. The molecule has 0 N–H and O–H groups in total. The van der Waals surface area contributed by atoms with Gasteiger partial charge in [0.25, 0.3) is 0 Å². The zero-order valence-corrected chi connectivity index (χ0v) is 8.69. The summed E-state index contributed by atoms with van der Waals surface area (Å²) in [4.78, 5) is 0. The zero-order valence-electron chi connectivity index (χ0n) is 8.69. The number of hydrogen-bond acceptors (Lipinski definition) is 0. The molecule has 0 aromatic heterocycles. The van der Waals surface area contributed by atoms with E-state index in [1.165, 1.54) is 29.5 Å². The molecular formula is C15H14. The molecule has 0 radical (unpaired) electrons. The first-order valence-corrected chi connectivity index (χ1v) is 5.59. The molecule has 0 heteroatoms. The second-order valence-corrected chi connectivity index (χ2v) is 4.26. The van der Waals surface area contributed by atoms with Crippen LogP contribution in [-0.4, -0.2) is 0 Å². The lowest BCUT2D eigenvalue weighted by molar-refractivity contribution is 1.13. The summed E-state index contributed by atoms with van der Waals surface area (Å²) >= 11 is 0. The molecular weight excluding hydrogens is 180 g/mol. The molecule has 74 valence electrons. The van der Waals surface area contributed by atoms with Crippen LogP contribution in [0.25, 0.3) is 11.1 Å². The molecule has 0 spiro atoms. The highest BCUT2D eigenvalue weighted by molar-refractivity contribution is 5.63. The Kier molecular flexibility index (Phi) is 2.06. The molecule has 0 saturated heterocycles. The van der Waals surface area contributed by atoms with Gasteiger partial charge in [0.15, 0.2) is 0 Å². The lowest BCUT2D eigenvalue weighted by atomic mass is 10.0. The second-order valence-electron chi connectivity index (χ2n) is 4.26.